The van der Waals surface area contributed by atoms with Gasteiger partial charge in [0.15, 0.2) is 0 Å². The minimum atomic E-state index is -0.954. The Kier molecular flexibility index (Phi) is 6.12. The summed E-state index contributed by atoms with van der Waals surface area (Å²) < 4.78 is 0. The number of urea groups is 1. The molecular weight excluding hydrogens is 244 g/mol. The summed E-state index contributed by atoms with van der Waals surface area (Å²) in [5, 5.41) is 11.9. The van der Waals surface area contributed by atoms with E-state index in [-0.39, 0.29) is 18.0 Å². The molecule has 0 bridgehead atoms. The van der Waals surface area contributed by atoms with Crippen molar-refractivity contribution in [3.63, 3.8) is 0 Å². The summed E-state index contributed by atoms with van der Waals surface area (Å²) in [5.74, 6) is -1.02. The van der Waals surface area contributed by atoms with E-state index < -0.39 is 12.0 Å². The zero-order chi connectivity index (χ0) is 14.4. The van der Waals surface area contributed by atoms with Crippen LogP contribution in [0.3, 0.4) is 0 Å². The number of hydrogen-bond donors (Lipinski definition) is 2. The molecule has 0 spiro atoms. The second-order valence-electron chi connectivity index (χ2n) is 5.54. The van der Waals surface area contributed by atoms with Gasteiger partial charge in [0.25, 0.3) is 0 Å². The average molecular weight is 270 g/mol. The van der Waals surface area contributed by atoms with Crippen LogP contribution in [0.2, 0.25) is 0 Å². The van der Waals surface area contributed by atoms with Crippen LogP contribution in [0.1, 0.15) is 52.9 Å². The molecule has 1 rings (SSSR count). The molecule has 1 aliphatic heterocycles. The quantitative estimate of drug-likeness (QED) is 0.824. The molecule has 0 aromatic carbocycles. The van der Waals surface area contributed by atoms with Gasteiger partial charge in [-0.1, -0.05) is 33.1 Å². The molecule has 5 nitrogen and oxygen atoms in total. The van der Waals surface area contributed by atoms with Gasteiger partial charge in [-0.15, -0.1) is 0 Å². The summed E-state index contributed by atoms with van der Waals surface area (Å²) in [7, 11) is 0. The normalized spacial score (nSPS) is 23.3. The lowest BCUT2D eigenvalue weighted by atomic mass is 9.99. The van der Waals surface area contributed by atoms with E-state index >= 15 is 0 Å². The van der Waals surface area contributed by atoms with E-state index in [9.17, 15) is 14.7 Å². The van der Waals surface area contributed by atoms with Crippen molar-refractivity contribution >= 4 is 12.0 Å². The highest BCUT2D eigenvalue weighted by Crippen LogP contribution is 2.17. The first-order valence-electron chi connectivity index (χ1n) is 7.27. The number of carboxylic acid groups (broad SMARTS) is 1. The van der Waals surface area contributed by atoms with Crippen LogP contribution in [0.15, 0.2) is 0 Å². The Balaban J connectivity index is 2.67. The van der Waals surface area contributed by atoms with Crippen LogP contribution in [-0.4, -0.2) is 40.6 Å². The van der Waals surface area contributed by atoms with Gasteiger partial charge in [-0.3, -0.25) is 0 Å². The van der Waals surface area contributed by atoms with Crippen molar-refractivity contribution in [2.45, 2.75) is 65.0 Å². The van der Waals surface area contributed by atoms with Crippen LogP contribution >= 0.6 is 0 Å². The molecule has 110 valence electrons. The maximum Gasteiger partial charge on any atom is 0.326 e. The van der Waals surface area contributed by atoms with Crippen molar-refractivity contribution in [1.82, 2.24) is 10.2 Å². The molecule has 1 heterocycles. The van der Waals surface area contributed by atoms with Crippen LogP contribution in [0.4, 0.5) is 4.79 Å². The van der Waals surface area contributed by atoms with E-state index in [2.05, 4.69) is 5.32 Å². The lowest BCUT2D eigenvalue weighted by Crippen LogP contribution is -2.52. The highest BCUT2D eigenvalue weighted by atomic mass is 16.4. The Morgan fingerprint density at radius 1 is 1.37 bits per heavy atom. The first-order valence-corrected chi connectivity index (χ1v) is 7.27. The summed E-state index contributed by atoms with van der Waals surface area (Å²) in [6, 6.07) is -0.844. The number of carboxylic acids is 1. The number of nitrogens with zero attached hydrogens (tertiary/aromatic N) is 1. The third-order valence-electron chi connectivity index (χ3n) is 4.07. The van der Waals surface area contributed by atoms with Gasteiger partial charge in [-0.05, 0) is 25.7 Å². The molecule has 2 N–H and O–H groups in total. The molecular formula is C14H26N2O3. The summed E-state index contributed by atoms with van der Waals surface area (Å²) in [5.41, 5.74) is 0. The third kappa shape index (κ3) is 4.40. The first kappa shape index (κ1) is 15.8. The Morgan fingerprint density at radius 2 is 2.05 bits per heavy atom. The molecule has 1 fully saturated rings. The standard InChI is InChI=1S/C14H26N2O3/c1-4-10(2)12(13(17)18)15-14(19)16-9-7-5-6-8-11(16)3/h10-12H,4-9H2,1-3H3,(H,15,19)(H,17,18)/t10?,11?,12-/m0/s1. The number of hydrogen-bond acceptors (Lipinski definition) is 2. The third-order valence-corrected chi connectivity index (χ3v) is 4.07. The monoisotopic (exact) mass is 270 g/mol. The largest absolute Gasteiger partial charge is 0.480 e. The lowest BCUT2D eigenvalue weighted by Gasteiger charge is -2.30. The fourth-order valence-corrected chi connectivity index (χ4v) is 2.48. The zero-order valence-corrected chi connectivity index (χ0v) is 12.2. The number of nitrogens with one attached hydrogen (secondary N) is 1. The molecule has 19 heavy (non-hydrogen) atoms. The predicted molar refractivity (Wildman–Crippen MR) is 74.0 cm³/mol. The summed E-state index contributed by atoms with van der Waals surface area (Å²) in [6.07, 6.45) is 5.00. The highest BCUT2D eigenvalue weighted by Gasteiger charge is 2.29. The molecule has 1 saturated heterocycles. The predicted octanol–water partition coefficient (Wildman–Crippen LogP) is 2.46. The van der Waals surface area contributed by atoms with Crippen LogP contribution in [0.25, 0.3) is 0 Å². The Hall–Kier alpha value is -1.26. The topological polar surface area (TPSA) is 69.6 Å². The summed E-state index contributed by atoms with van der Waals surface area (Å²) in [4.78, 5) is 25.3. The lowest BCUT2D eigenvalue weighted by molar-refractivity contribution is -0.140. The molecule has 0 aliphatic carbocycles. The van der Waals surface area contributed by atoms with Gasteiger partial charge in [0, 0.05) is 12.6 Å². The van der Waals surface area contributed by atoms with Crippen molar-refractivity contribution in [3.8, 4) is 0 Å². The van der Waals surface area contributed by atoms with Crippen molar-refractivity contribution < 1.29 is 14.7 Å². The summed E-state index contributed by atoms with van der Waals surface area (Å²) in [6.45, 7) is 6.54. The van der Waals surface area contributed by atoms with Crippen LogP contribution in [-0.2, 0) is 4.79 Å². The van der Waals surface area contributed by atoms with Gasteiger partial charge < -0.3 is 15.3 Å². The van der Waals surface area contributed by atoms with Crippen LogP contribution in [0.5, 0.6) is 0 Å². The number of amides is 2. The van der Waals surface area contributed by atoms with Crippen LogP contribution < -0.4 is 5.32 Å². The fraction of sp³-hybridized carbons (Fsp3) is 0.857. The van der Waals surface area contributed by atoms with E-state index in [4.69, 9.17) is 0 Å². The minimum absolute atomic E-state index is 0.0660. The first-order chi connectivity index (χ1) is 8.97. The van der Waals surface area contributed by atoms with Gasteiger partial charge >= 0.3 is 12.0 Å². The van der Waals surface area contributed by atoms with Crippen molar-refractivity contribution in [2.24, 2.45) is 5.92 Å². The maximum absolute atomic E-state index is 12.2. The number of likely N-dealkylation sites (tertiary alicyclic amines) is 1. The molecule has 0 radical (unpaired) electrons. The van der Waals surface area contributed by atoms with Gasteiger partial charge in [-0.25, -0.2) is 9.59 Å². The van der Waals surface area contributed by atoms with E-state index in [1.54, 1.807) is 4.90 Å². The molecule has 5 heteroatoms. The molecule has 0 aromatic rings. The second-order valence-corrected chi connectivity index (χ2v) is 5.54. The van der Waals surface area contributed by atoms with Gasteiger partial charge in [0.2, 0.25) is 0 Å². The van der Waals surface area contributed by atoms with Crippen LogP contribution in [0, 0.1) is 5.92 Å². The molecule has 2 unspecified atom stereocenters. The Bertz CT molecular complexity index is 320. The summed E-state index contributed by atoms with van der Waals surface area (Å²) >= 11 is 0. The van der Waals surface area contributed by atoms with E-state index in [1.165, 1.54) is 0 Å². The minimum Gasteiger partial charge on any atom is -0.480 e. The van der Waals surface area contributed by atoms with Gasteiger partial charge in [-0.2, -0.15) is 0 Å². The molecule has 0 saturated carbocycles. The van der Waals surface area contributed by atoms with E-state index in [1.807, 2.05) is 20.8 Å². The highest BCUT2D eigenvalue weighted by molar-refractivity contribution is 5.83. The average Bonchev–Trinajstić information content (AvgIpc) is 2.59. The molecule has 0 aromatic heterocycles. The number of carbonyl (C=O) groups excluding carboxylic acids is 1. The van der Waals surface area contributed by atoms with Gasteiger partial charge in [0.1, 0.15) is 6.04 Å². The number of aliphatic carboxylic acids is 1. The SMILES string of the molecule is CCC(C)[C@H](NC(=O)N1CCCCCC1C)C(=O)O. The molecule has 2 amide bonds. The molecule has 3 atom stereocenters. The fourth-order valence-electron chi connectivity index (χ4n) is 2.48. The zero-order valence-electron chi connectivity index (χ0n) is 12.2. The van der Waals surface area contributed by atoms with Crippen molar-refractivity contribution in [2.75, 3.05) is 6.54 Å². The number of rotatable bonds is 4. The molecule has 1 aliphatic rings. The smallest absolute Gasteiger partial charge is 0.326 e. The van der Waals surface area contributed by atoms with Crippen molar-refractivity contribution in [1.29, 1.82) is 0 Å². The van der Waals surface area contributed by atoms with Gasteiger partial charge in [0.05, 0.1) is 0 Å². The van der Waals surface area contributed by atoms with E-state index in [0.717, 1.165) is 38.6 Å². The maximum atomic E-state index is 12.2. The second kappa shape index (κ2) is 7.36. The van der Waals surface area contributed by atoms with E-state index in [0.29, 0.717) is 0 Å². The number of carbonyl (C=O) groups is 2. The Labute approximate surface area is 115 Å². The Morgan fingerprint density at radius 3 is 2.63 bits per heavy atom. The van der Waals surface area contributed by atoms with Crippen molar-refractivity contribution in [3.05, 3.63) is 0 Å².